The molecule has 88 valence electrons. The van der Waals surface area contributed by atoms with E-state index >= 15 is 0 Å². The smallest absolute Gasteiger partial charge is 0.320 e. The van der Waals surface area contributed by atoms with Crippen molar-refractivity contribution in [3.05, 3.63) is 35.4 Å². The minimum Gasteiger partial charge on any atom is -0.480 e. The predicted molar refractivity (Wildman–Crippen MR) is 62.4 cm³/mol. The molecule has 0 aliphatic carbocycles. The van der Waals surface area contributed by atoms with Gasteiger partial charge in [0.25, 0.3) is 0 Å². The van der Waals surface area contributed by atoms with Crippen LogP contribution in [0, 0.1) is 17.2 Å². The molecule has 1 fully saturated rings. The van der Waals surface area contributed by atoms with Crippen LogP contribution in [-0.4, -0.2) is 23.7 Å². The van der Waals surface area contributed by atoms with Crippen LogP contribution in [-0.2, 0) is 11.2 Å². The lowest BCUT2D eigenvalue weighted by atomic mass is 9.90. The zero-order chi connectivity index (χ0) is 12.3. The van der Waals surface area contributed by atoms with E-state index in [0.29, 0.717) is 12.0 Å². The first-order chi connectivity index (χ1) is 8.22. The zero-order valence-corrected chi connectivity index (χ0v) is 9.39. The highest BCUT2D eigenvalue weighted by atomic mass is 16.4. The number of benzene rings is 1. The molecule has 2 rings (SSSR count). The van der Waals surface area contributed by atoms with Crippen molar-refractivity contribution in [1.29, 1.82) is 5.26 Å². The number of carbonyl (C=O) groups is 1. The number of nitrogens with zero attached hydrogens (tertiary/aromatic N) is 1. The molecular weight excluding hydrogens is 216 g/mol. The topological polar surface area (TPSA) is 73.1 Å². The molecule has 1 unspecified atom stereocenters. The van der Waals surface area contributed by atoms with Crippen molar-refractivity contribution in [3.63, 3.8) is 0 Å². The molecule has 1 aromatic carbocycles. The quantitative estimate of drug-likeness (QED) is 0.817. The van der Waals surface area contributed by atoms with Crippen molar-refractivity contribution >= 4 is 5.97 Å². The second-order valence-electron chi connectivity index (χ2n) is 4.29. The van der Waals surface area contributed by atoms with Crippen LogP contribution in [0.4, 0.5) is 0 Å². The Morgan fingerprint density at radius 1 is 1.53 bits per heavy atom. The molecule has 0 aromatic heterocycles. The summed E-state index contributed by atoms with van der Waals surface area (Å²) in [5.74, 6) is -0.732. The minimum atomic E-state index is -0.804. The van der Waals surface area contributed by atoms with E-state index in [1.54, 1.807) is 6.07 Å². The van der Waals surface area contributed by atoms with Crippen LogP contribution < -0.4 is 5.32 Å². The maximum absolute atomic E-state index is 11.0. The summed E-state index contributed by atoms with van der Waals surface area (Å²) >= 11 is 0. The second kappa shape index (κ2) is 4.98. The number of hydrogen-bond donors (Lipinski definition) is 2. The van der Waals surface area contributed by atoms with Crippen molar-refractivity contribution in [1.82, 2.24) is 5.32 Å². The first kappa shape index (κ1) is 11.6. The third-order valence-corrected chi connectivity index (χ3v) is 3.24. The summed E-state index contributed by atoms with van der Waals surface area (Å²) in [7, 11) is 0. The van der Waals surface area contributed by atoms with Crippen molar-refractivity contribution in [2.45, 2.75) is 18.9 Å². The number of rotatable bonds is 3. The molecule has 0 saturated carbocycles. The van der Waals surface area contributed by atoms with Crippen LogP contribution in [0.2, 0.25) is 0 Å². The summed E-state index contributed by atoms with van der Waals surface area (Å²) in [5, 5.41) is 21.0. The third kappa shape index (κ3) is 2.45. The molecule has 1 saturated heterocycles. The van der Waals surface area contributed by atoms with Gasteiger partial charge in [0.2, 0.25) is 0 Å². The van der Waals surface area contributed by atoms with Crippen LogP contribution >= 0.6 is 0 Å². The number of carboxylic acids is 1. The van der Waals surface area contributed by atoms with Gasteiger partial charge in [-0.3, -0.25) is 4.79 Å². The average Bonchev–Trinajstić information content (AvgIpc) is 2.78. The summed E-state index contributed by atoms with van der Waals surface area (Å²) in [6, 6.07) is 9.04. The Hall–Kier alpha value is -1.86. The van der Waals surface area contributed by atoms with Crippen molar-refractivity contribution in [2.75, 3.05) is 6.54 Å². The Morgan fingerprint density at radius 3 is 3.00 bits per heavy atom. The van der Waals surface area contributed by atoms with Gasteiger partial charge < -0.3 is 10.4 Å². The summed E-state index contributed by atoms with van der Waals surface area (Å²) in [5.41, 5.74) is 1.58. The number of nitriles is 1. The van der Waals surface area contributed by atoms with Gasteiger partial charge in [0.05, 0.1) is 11.6 Å². The lowest BCUT2D eigenvalue weighted by molar-refractivity contribution is -0.140. The Morgan fingerprint density at radius 2 is 2.29 bits per heavy atom. The van der Waals surface area contributed by atoms with E-state index < -0.39 is 12.0 Å². The number of nitrogens with one attached hydrogen (secondary N) is 1. The normalized spacial score (nSPS) is 23.2. The molecule has 1 aliphatic rings. The first-order valence-electron chi connectivity index (χ1n) is 5.66. The highest BCUT2D eigenvalue weighted by molar-refractivity contribution is 5.74. The maximum Gasteiger partial charge on any atom is 0.320 e. The van der Waals surface area contributed by atoms with E-state index in [0.717, 1.165) is 18.5 Å². The Bertz CT molecular complexity index is 465. The van der Waals surface area contributed by atoms with Crippen LogP contribution in [0.5, 0.6) is 0 Å². The fourth-order valence-electron chi connectivity index (χ4n) is 2.36. The molecule has 1 aromatic rings. The lowest BCUT2D eigenvalue weighted by Gasteiger charge is -2.15. The van der Waals surface area contributed by atoms with E-state index in [-0.39, 0.29) is 5.92 Å². The van der Waals surface area contributed by atoms with E-state index in [1.807, 2.05) is 18.2 Å². The molecule has 1 heterocycles. The molecule has 17 heavy (non-hydrogen) atoms. The maximum atomic E-state index is 11.0. The van der Waals surface area contributed by atoms with Crippen LogP contribution in [0.1, 0.15) is 17.5 Å². The van der Waals surface area contributed by atoms with Gasteiger partial charge in [-0.05, 0) is 36.9 Å². The van der Waals surface area contributed by atoms with E-state index in [4.69, 9.17) is 10.4 Å². The average molecular weight is 230 g/mol. The van der Waals surface area contributed by atoms with E-state index in [9.17, 15) is 4.79 Å². The van der Waals surface area contributed by atoms with Gasteiger partial charge in [0.15, 0.2) is 0 Å². The summed E-state index contributed by atoms with van der Waals surface area (Å²) in [6.45, 7) is 0.732. The lowest BCUT2D eigenvalue weighted by Crippen LogP contribution is -2.36. The molecule has 1 aliphatic heterocycles. The highest BCUT2D eigenvalue weighted by Crippen LogP contribution is 2.22. The van der Waals surface area contributed by atoms with Crippen LogP contribution in [0.15, 0.2) is 24.3 Å². The SMILES string of the molecule is N#Cc1ccccc1CC1CCN[C@@H]1C(=O)O. The molecule has 0 amide bonds. The van der Waals surface area contributed by atoms with Crippen LogP contribution in [0.3, 0.4) is 0 Å². The monoisotopic (exact) mass is 230 g/mol. The van der Waals surface area contributed by atoms with Crippen molar-refractivity contribution in [3.8, 4) is 6.07 Å². The van der Waals surface area contributed by atoms with E-state index in [1.165, 1.54) is 0 Å². The number of aliphatic carboxylic acids is 1. The molecule has 4 heteroatoms. The number of carboxylic acid groups (broad SMARTS) is 1. The van der Waals surface area contributed by atoms with Crippen molar-refractivity contribution < 1.29 is 9.90 Å². The number of hydrogen-bond acceptors (Lipinski definition) is 3. The second-order valence-corrected chi connectivity index (χ2v) is 4.29. The third-order valence-electron chi connectivity index (χ3n) is 3.24. The molecular formula is C13H14N2O2. The minimum absolute atomic E-state index is 0.0713. The molecule has 4 nitrogen and oxygen atoms in total. The molecule has 0 spiro atoms. The fourth-order valence-corrected chi connectivity index (χ4v) is 2.36. The van der Waals surface area contributed by atoms with Crippen LogP contribution in [0.25, 0.3) is 0 Å². The largest absolute Gasteiger partial charge is 0.480 e. The molecule has 2 N–H and O–H groups in total. The fraction of sp³-hybridized carbons (Fsp3) is 0.385. The highest BCUT2D eigenvalue weighted by Gasteiger charge is 2.32. The van der Waals surface area contributed by atoms with E-state index in [2.05, 4.69) is 11.4 Å². The van der Waals surface area contributed by atoms with Gasteiger partial charge in [0.1, 0.15) is 6.04 Å². The molecule has 0 radical (unpaired) electrons. The first-order valence-corrected chi connectivity index (χ1v) is 5.66. The summed E-state index contributed by atoms with van der Waals surface area (Å²) < 4.78 is 0. The Labute approximate surface area is 99.9 Å². The van der Waals surface area contributed by atoms with Gasteiger partial charge >= 0.3 is 5.97 Å². The van der Waals surface area contributed by atoms with Gasteiger partial charge in [0, 0.05) is 0 Å². The summed E-state index contributed by atoms with van der Waals surface area (Å²) in [4.78, 5) is 11.0. The zero-order valence-electron chi connectivity index (χ0n) is 9.39. The Kier molecular flexibility index (Phi) is 3.40. The van der Waals surface area contributed by atoms with Gasteiger partial charge in [-0.15, -0.1) is 0 Å². The van der Waals surface area contributed by atoms with Gasteiger partial charge in [-0.1, -0.05) is 18.2 Å². The Balaban J connectivity index is 2.15. The predicted octanol–water partition coefficient (Wildman–Crippen LogP) is 1.16. The van der Waals surface area contributed by atoms with Crippen molar-refractivity contribution in [2.24, 2.45) is 5.92 Å². The standard InChI is InChI=1S/C13H14N2O2/c14-8-11-4-2-1-3-9(11)7-10-5-6-15-12(10)13(16)17/h1-4,10,12,15H,5-7H2,(H,16,17)/t10?,12-/m0/s1. The summed E-state index contributed by atoms with van der Waals surface area (Å²) in [6.07, 6.45) is 1.49. The molecule has 0 bridgehead atoms. The van der Waals surface area contributed by atoms with Gasteiger partial charge in [-0.2, -0.15) is 5.26 Å². The van der Waals surface area contributed by atoms with Gasteiger partial charge in [-0.25, -0.2) is 0 Å². The molecule has 2 atom stereocenters.